The Kier molecular flexibility index (Phi) is 9.56. The van der Waals surface area contributed by atoms with E-state index in [4.69, 9.17) is 4.74 Å². The van der Waals surface area contributed by atoms with E-state index in [1.807, 2.05) is 18.2 Å². The summed E-state index contributed by atoms with van der Waals surface area (Å²) >= 11 is 1.71. The number of hydrogen-bond acceptors (Lipinski definition) is 4. The maximum Gasteiger partial charge on any atom is 0.191 e. The minimum atomic E-state index is 0. The van der Waals surface area contributed by atoms with Gasteiger partial charge in [0, 0.05) is 17.6 Å². The van der Waals surface area contributed by atoms with E-state index >= 15 is 0 Å². The van der Waals surface area contributed by atoms with Gasteiger partial charge in [0.25, 0.3) is 0 Å². The Morgan fingerprint density at radius 1 is 1.32 bits per heavy atom. The highest BCUT2D eigenvalue weighted by atomic mass is 127. The number of nitrogens with one attached hydrogen (secondary N) is 2. The summed E-state index contributed by atoms with van der Waals surface area (Å²) < 4.78 is 5.58. The number of ether oxygens (including phenoxy) is 1. The van der Waals surface area contributed by atoms with Crippen LogP contribution in [0.2, 0.25) is 0 Å². The third kappa shape index (κ3) is 7.08. The number of nitrogens with zero attached hydrogens (tertiary/aromatic N) is 2. The zero-order valence-corrected chi connectivity index (χ0v) is 15.6. The van der Waals surface area contributed by atoms with Gasteiger partial charge in [0.15, 0.2) is 5.96 Å². The Hall–Kier alpha value is -1.35. The average Bonchev–Trinajstić information content (AvgIpc) is 3.03. The molecule has 0 unspecified atom stereocenters. The van der Waals surface area contributed by atoms with Crippen molar-refractivity contribution in [3.05, 3.63) is 46.9 Å². The second kappa shape index (κ2) is 11.2. The molecule has 0 aliphatic heterocycles. The molecule has 0 aliphatic rings. The van der Waals surface area contributed by atoms with Gasteiger partial charge in [-0.15, -0.1) is 35.3 Å². The van der Waals surface area contributed by atoms with Crippen molar-refractivity contribution < 1.29 is 4.74 Å². The topological polar surface area (TPSA) is 58.5 Å². The molecule has 2 heterocycles. The fourth-order valence-corrected chi connectivity index (χ4v) is 2.30. The average molecular weight is 432 g/mol. The lowest BCUT2D eigenvalue weighted by Gasteiger charge is -2.11. The number of thiophene rings is 1. The Morgan fingerprint density at radius 2 is 2.23 bits per heavy atom. The molecule has 2 rings (SSSR count). The van der Waals surface area contributed by atoms with E-state index in [1.165, 1.54) is 4.88 Å². The van der Waals surface area contributed by atoms with Crippen molar-refractivity contribution >= 4 is 41.3 Å². The molecular weight excluding hydrogens is 411 g/mol. The van der Waals surface area contributed by atoms with Crippen molar-refractivity contribution in [3.8, 4) is 5.75 Å². The van der Waals surface area contributed by atoms with E-state index in [2.05, 4.69) is 39.0 Å². The molecule has 120 valence electrons. The van der Waals surface area contributed by atoms with Crippen LogP contribution in [0.5, 0.6) is 5.75 Å². The van der Waals surface area contributed by atoms with Crippen LogP contribution >= 0.6 is 35.3 Å². The normalized spacial score (nSPS) is 10.7. The lowest BCUT2D eigenvalue weighted by Crippen LogP contribution is -2.39. The first-order valence-corrected chi connectivity index (χ1v) is 7.84. The quantitative estimate of drug-likeness (QED) is 0.306. The van der Waals surface area contributed by atoms with Crippen LogP contribution in [0.3, 0.4) is 0 Å². The smallest absolute Gasteiger partial charge is 0.191 e. The monoisotopic (exact) mass is 432 g/mol. The van der Waals surface area contributed by atoms with Crippen LogP contribution in [0.15, 0.2) is 47.0 Å². The van der Waals surface area contributed by atoms with Crippen molar-refractivity contribution in [1.82, 2.24) is 15.6 Å². The zero-order chi connectivity index (χ0) is 14.8. The lowest BCUT2D eigenvalue weighted by molar-refractivity contribution is 0.320. The molecule has 0 saturated carbocycles. The van der Waals surface area contributed by atoms with Gasteiger partial charge in [-0.3, -0.25) is 4.98 Å². The maximum absolute atomic E-state index is 5.58. The van der Waals surface area contributed by atoms with E-state index in [0.29, 0.717) is 19.7 Å². The van der Waals surface area contributed by atoms with Crippen molar-refractivity contribution in [1.29, 1.82) is 0 Å². The molecule has 2 aromatic rings. The number of guanidine groups is 1. The van der Waals surface area contributed by atoms with Gasteiger partial charge < -0.3 is 15.4 Å². The van der Waals surface area contributed by atoms with E-state index in [-0.39, 0.29) is 24.0 Å². The first kappa shape index (κ1) is 18.7. The Bertz CT molecular complexity index is 534. The van der Waals surface area contributed by atoms with Crippen molar-refractivity contribution in [3.63, 3.8) is 0 Å². The number of pyridine rings is 1. The minimum Gasteiger partial charge on any atom is -0.490 e. The molecule has 7 heteroatoms. The third-order valence-electron chi connectivity index (χ3n) is 2.61. The Labute approximate surface area is 152 Å². The third-order valence-corrected chi connectivity index (χ3v) is 3.48. The van der Waals surface area contributed by atoms with E-state index in [0.717, 1.165) is 18.3 Å². The molecule has 0 radical (unpaired) electrons. The molecule has 0 spiro atoms. The standard InChI is InChI=1S/C15H20N4OS.HI/c1-2-17-15(19-12-14-6-4-10-21-14)18-8-9-20-13-5-3-7-16-11-13;/h3-7,10-11H,2,8-9,12H2,1H3,(H2,17,18,19);1H. The highest BCUT2D eigenvalue weighted by Crippen LogP contribution is 2.09. The molecule has 0 atom stereocenters. The Balaban J connectivity index is 0.00000242. The summed E-state index contributed by atoms with van der Waals surface area (Å²) in [5.41, 5.74) is 0. The van der Waals surface area contributed by atoms with Gasteiger partial charge in [-0.05, 0) is 30.5 Å². The molecule has 22 heavy (non-hydrogen) atoms. The summed E-state index contributed by atoms with van der Waals surface area (Å²) in [4.78, 5) is 9.79. The summed E-state index contributed by atoms with van der Waals surface area (Å²) in [6.07, 6.45) is 3.43. The molecular formula is C15H21IN4OS. The number of hydrogen-bond donors (Lipinski definition) is 2. The zero-order valence-electron chi connectivity index (χ0n) is 12.5. The first-order valence-electron chi connectivity index (χ1n) is 6.96. The summed E-state index contributed by atoms with van der Waals surface area (Å²) in [6, 6.07) is 7.87. The molecule has 0 fully saturated rings. The van der Waals surface area contributed by atoms with Crippen molar-refractivity contribution in [2.75, 3.05) is 19.7 Å². The van der Waals surface area contributed by atoms with Crippen LogP contribution in [0.1, 0.15) is 11.8 Å². The molecule has 2 N–H and O–H groups in total. The van der Waals surface area contributed by atoms with Crippen LogP contribution in [-0.4, -0.2) is 30.6 Å². The highest BCUT2D eigenvalue weighted by Gasteiger charge is 1.98. The second-order valence-corrected chi connectivity index (χ2v) is 5.27. The predicted molar refractivity (Wildman–Crippen MR) is 102 cm³/mol. The summed E-state index contributed by atoms with van der Waals surface area (Å²) in [5, 5.41) is 8.53. The lowest BCUT2D eigenvalue weighted by atomic mass is 10.5. The van der Waals surface area contributed by atoms with Gasteiger partial charge in [-0.2, -0.15) is 0 Å². The SMILES string of the molecule is CCNC(=NCc1cccs1)NCCOc1cccnc1.I. The summed E-state index contributed by atoms with van der Waals surface area (Å²) in [6.45, 7) is 4.82. The number of aromatic nitrogens is 1. The predicted octanol–water partition coefficient (Wildman–Crippen LogP) is 2.90. The van der Waals surface area contributed by atoms with Gasteiger partial charge in [-0.25, -0.2) is 4.99 Å². The van der Waals surface area contributed by atoms with Crippen LogP contribution in [0, 0.1) is 0 Å². The van der Waals surface area contributed by atoms with E-state index in [9.17, 15) is 0 Å². The molecule has 0 amide bonds. The minimum absolute atomic E-state index is 0. The van der Waals surface area contributed by atoms with Crippen molar-refractivity contribution in [2.45, 2.75) is 13.5 Å². The summed E-state index contributed by atoms with van der Waals surface area (Å²) in [5.74, 6) is 1.58. The second-order valence-electron chi connectivity index (χ2n) is 4.24. The first-order chi connectivity index (χ1) is 10.4. The Morgan fingerprint density at radius 3 is 2.91 bits per heavy atom. The van der Waals surface area contributed by atoms with Gasteiger partial charge in [-0.1, -0.05) is 6.07 Å². The van der Waals surface area contributed by atoms with Crippen molar-refractivity contribution in [2.24, 2.45) is 4.99 Å². The number of aliphatic imine (C=N–C) groups is 1. The number of halogens is 1. The van der Waals surface area contributed by atoms with E-state index in [1.54, 1.807) is 23.7 Å². The molecule has 0 aromatic carbocycles. The molecule has 0 saturated heterocycles. The molecule has 5 nitrogen and oxygen atoms in total. The number of rotatable bonds is 7. The molecule has 0 aliphatic carbocycles. The summed E-state index contributed by atoms with van der Waals surface area (Å²) in [7, 11) is 0. The fraction of sp³-hybridized carbons (Fsp3) is 0.333. The molecule has 0 bridgehead atoms. The molecule has 2 aromatic heterocycles. The largest absolute Gasteiger partial charge is 0.490 e. The van der Waals surface area contributed by atoms with Gasteiger partial charge in [0.2, 0.25) is 0 Å². The van der Waals surface area contributed by atoms with E-state index < -0.39 is 0 Å². The fourth-order valence-electron chi connectivity index (χ4n) is 1.67. The van der Waals surface area contributed by atoms with Gasteiger partial charge in [0.1, 0.15) is 12.4 Å². The van der Waals surface area contributed by atoms with Crippen LogP contribution in [-0.2, 0) is 6.54 Å². The highest BCUT2D eigenvalue weighted by molar-refractivity contribution is 14.0. The maximum atomic E-state index is 5.58. The van der Waals surface area contributed by atoms with Crippen LogP contribution in [0.4, 0.5) is 0 Å². The van der Waals surface area contributed by atoms with Gasteiger partial charge >= 0.3 is 0 Å². The van der Waals surface area contributed by atoms with Crippen LogP contribution < -0.4 is 15.4 Å². The van der Waals surface area contributed by atoms with Gasteiger partial charge in [0.05, 0.1) is 19.3 Å². The van der Waals surface area contributed by atoms with Crippen LogP contribution in [0.25, 0.3) is 0 Å².